The van der Waals surface area contributed by atoms with Gasteiger partial charge in [-0.25, -0.2) is 12.8 Å². The van der Waals surface area contributed by atoms with Crippen LogP contribution >= 0.6 is 0 Å². The minimum absolute atomic E-state index is 0.175. The highest BCUT2D eigenvalue weighted by molar-refractivity contribution is 7.89. The predicted octanol–water partition coefficient (Wildman–Crippen LogP) is 1.58. The fraction of sp³-hybridized carbons (Fsp3) is 0.500. The number of nitrogens with zero attached hydrogens (tertiary/aromatic N) is 1. The lowest BCUT2D eigenvalue weighted by Gasteiger charge is -2.35. The number of halogens is 1. The van der Waals surface area contributed by atoms with Crippen molar-refractivity contribution in [2.45, 2.75) is 43.5 Å². The smallest absolute Gasteiger partial charge is 0.307 e. The summed E-state index contributed by atoms with van der Waals surface area (Å²) in [5, 5.41) is 11.7. The summed E-state index contributed by atoms with van der Waals surface area (Å²) < 4.78 is 41.4. The van der Waals surface area contributed by atoms with Crippen molar-refractivity contribution in [1.82, 2.24) is 4.31 Å². The molecule has 0 radical (unpaired) electrons. The molecule has 2 aliphatic rings. The van der Waals surface area contributed by atoms with Crippen LogP contribution in [0.15, 0.2) is 17.0 Å². The molecule has 3 rings (SSSR count). The summed E-state index contributed by atoms with van der Waals surface area (Å²) in [5.74, 6) is -3.05. The summed E-state index contributed by atoms with van der Waals surface area (Å²) in [4.78, 5) is 22.1. The van der Waals surface area contributed by atoms with Crippen molar-refractivity contribution >= 4 is 27.6 Å². The molecule has 1 saturated heterocycles. The van der Waals surface area contributed by atoms with E-state index in [0.717, 1.165) is 10.4 Å². The maximum atomic E-state index is 14.5. The molecule has 2 atom stereocenters. The monoisotopic (exact) mass is 370 g/mol. The summed E-state index contributed by atoms with van der Waals surface area (Å²) in [7, 11) is -4.17. The third-order valence-corrected chi connectivity index (χ3v) is 6.81. The van der Waals surface area contributed by atoms with Crippen LogP contribution in [0.1, 0.15) is 31.7 Å². The number of carboxylic acids is 1. The molecule has 136 valence electrons. The Balaban J connectivity index is 1.99. The Morgan fingerprint density at radius 3 is 2.72 bits per heavy atom. The highest BCUT2D eigenvalue weighted by Crippen LogP contribution is 2.33. The van der Waals surface area contributed by atoms with Gasteiger partial charge in [0.2, 0.25) is 15.9 Å². The predicted molar refractivity (Wildman–Crippen MR) is 87.1 cm³/mol. The molecule has 1 aromatic carbocycles. The molecule has 0 saturated carbocycles. The van der Waals surface area contributed by atoms with Gasteiger partial charge in [-0.05, 0) is 43.9 Å². The van der Waals surface area contributed by atoms with Crippen molar-refractivity contribution < 1.29 is 27.5 Å². The molecule has 1 amide bonds. The zero-order valence-electron chi connectivity index (χ0n) is 13.7. The van der Waals surface area contributed by atoms with Crippen LogP contribution in [0.25, 0.3) is 0 Å². The number of carbonyl (C=O) groups is 2. The van der Waals surface area contributed by atoms with Gasteiger partial charge in [0.05, 0.1) is 5.92 Å². The second-order valence-electron chi connectivity index (χ2n) is 6.52. The highest BCUT2D eigenvalue weighted by Gasteiger charge is 2.39. The first-order chi connectivity index (χ1) is 11.7. The third kappa shape index (κ3) is 3.25. The zero-order valence-corrected chi connectivity index (χ0v) is 14.5. The Labute approximate surface area is 144 Å². The molecule has 1 fully saturated rings. The molecule has 2 N–H and O–H groups in total. The first-order valence-electron chi connectivity index (χ1n) is 8.07. The van der Waals surface area contributed by atoms with Crippen molar-refractivity contribution in [3.63, 3.8) is 0 Å². The second kappa shape index (κ2) is 6.38. The van der Waals surface area contributed by atoms with Gasteiger partial charge in [-0.3, -0.25) is 9.59 Å². The lowest BCUT2D eigenvalue weighted by molar-refractivity contribution is -0.143. The molecule has 1 aromatic rings. The fourth-order valence-corrected chi connectivity index (χ4v) is 5.12. The van der Waals surface area contributed by atoms with Gasteiger partial charge in [-0.15, -0.1) is 0 Å². The number of benzene rings is 1. The summed E-state index contributed by atoms with van der Waals surface area (Å²) >= 11 is 0. The van der Waals surface area contributed by atoms with Gasteiger partial charge in [0.1, 0.15) is 10.7 Å². The topological polar surface area (TPSA) is 104 Å². The van der Waals surface area contributed by atoms with E-state index in [-0.39, 0.29) is 24.6 Å². The normalized spacial score (nSPS) is 24.5. The molecule has 9 heteroatoms. The van der Waals surface area contributed by atoms with Gasteiger partial charge in [0, 0.05) is 24.7 Å². The standard InChI is InChI=1S/C16H19FN2O5S/c1-9-2-3-11(16(21)22)8-19(9)25(23,24)14-6-10-4-5-15(20)18-13(10)7-12(14)17/h6-7,9,11H,2-5,8H2,1H3,(H,18,20)(H,21,22). The maximum absolute atomic E-state index is 14.5. The van der Waals surface area contributed by atoms with Crippen molar-refractivity contribution in [3.8, 4) is 0 Å². The molecule has 0 bridgehead atoms. The van der Waals surface area contributed by atoms with Crippen molar-refractivity contribution in [3.05, 3.63) is 23.5 Å². The number of piperidine rings is 1. The van der Waals surface area contributed by atoms with E-state index in [9.17, 15) is 27.5 Å². The van der Waals surface area contributed by atoms with Gasteiger partial charge in [0.25, 0.3) is 0 Å². The van der Waals surface area contributed by atoms with Crippen LogP contribution < -0.4 is 5.32 Å². The number of anilines is 1. The van der Waals surface area contributed by atoms with E-state index in [1.807, 2.05) is 0 Å². The zero-order chi connectivity index (χ0) is 18.4. The average molecular weight is 370 g/mol. The van der Waals surface area contributed by atoms with Gasteiger partial charge < -0.3 is 10.4 Å². The van der Waals surface area contributed by atoms with E-state index in [0.29, 0.717) is 24.8 Å². The quantitative estimate of drug-likeness (QED) is 0.841. The molecule has 2 heterocycles. The van der Waals surface area contributed by atoms with Crippen LogP contribution in [0.3, 0.4) is 0 Å². The van der Waals surface area contributed by atoms with E-state index in [4.69, 9.17) is 0 Å². The van der Waals surface area contributed by atoms with Crippen molar-refractivity contribution in [2.75, 3.05) is 11.9 Å². The number of aliphatic carboxylic acids is 1. The van der Waals surface area contributed by atoms with Crippen molar-refractivity contribution in [2.24, 2.45) is 5.92 Å². The molecule has 2 aliphatic heterocycles. The number of carboxylic acid groups (broad SMARTS) is 1. The van der Waals surface area contributed by atoms with Crippen LogP contribution in [0.5, 0.6) is 0 Å². The first kappa shape index (κ1) is 17.8. The van der Waals surface area contributed by atoms with Crippen LogP contribution in [0.2, 0.25) is 0 Å². The molecule has 0 spiro atoms. The number of nitrogens with one attached hydrogen (secondary N) is 1. The van der Waals surface area contributed by atoms with E-state index in [1.54, 1.807) is 6.92 Å². The molecule has 2 unspecified atom stereocenters. The number of amides is 1. The lowest BCUT2D eigenvalue weighted by atomic mass is 9.96. The van der Waals surface area contributed by atoms with Crippen LogP contribution in [-0.2, 0) is 26.0 Å². The minimum Gasteiger partial charge on any atom is -0.481 e. The highest BCUT2D eigenvalue weighted by atomic mass is 32.2. The number of fused-ring (bicyclic) bond motifs is 1. The Kier molecular flexibility index (Phi) is 4.54. The number of hydrogen-bond donors (Lipinski definition) is 2. The summed E-state index contributed by atoms with van der Waals surface area (Å²) in [5.41, 5.74) is 0.835. The largest absolute Gasteiger partial charge is 0.481 e. The molecular formula is C16H19FN2O5S. The Morgan fingerprint density at radius 2 is 2.04 bits per heavy atom. The molecular weight excluding hydrogens is 351 g/mol. The molecule has 0 aromatic heterocycles. The van der Waals surface area contributed by atoms with Crippen LogP contribution in [-0.4, -0.2) is 42.3 Å². The summed E-state index contributed by atoms with van der Waals surface area (Å²) in [6, 6.07) is 1.86. The Bertz CT molecular complexity index is 839. The van der Waals surface area contributed by atoms with Gasteiger partial charge in [-0.2, -0.15) is 4.31 Å². The van der Waals surface area contributed by atoms with E-state index >= 15 is 0 Å². The van der Waals surface area contributed by atoms with Gasteiger partial charge in [-0.1, -0.05) is 0 Å². The van der Waals surface area contributed by atoms with Crippen LogP contribution in [0.4, 0.5) is 10.1 Å². The lowest BCUT2D eigenvalue weighted by Crippen LogP contribution is -2.47. The Hall–Kier alpha value is -2.00. The van der Waals surface area contributed by atoms with E-state index < -0.39 is 38.7 Å². The molecule has 0 aliphatic carbocycles. The number of carbonyl (C=O) groups excluding carboxylic acids is 1. The van der Waals surface area contributed by atoms with E-state index in [1.165, 1.54) is 6.07 Å². The average Bonchev–Trinajstić information content (AvgIpc) is 2.53. The van der Waals surface area contributed by atoms with Gasteiger partial charge >= 0.3 is 5.97 Å². The Morgan fingerprint density at radius 1 is 1.32 bits per heavy atom. The maximum Gasteiger partial charge on any atom is 0.307 e. The van der Waals surface area contributed by atoms with Gasteiger partial charge in [0.15, 0.2) is 0 Å². The minimum atomic E-state index is -4.17. The fourth-order valence-electron chi connectivity index (χ4n) is 3.32. The third-order valence-electron chi connectivity index (χ3n) is 4.81. The number of aryl methyl sites for hydroxylation is 1. The van der Waals surface area contributed by atoms with Crippen molar-refractivity contribution in [1.29, 1.82) is 0 Å². The molecule has 7 nitrogen and oxygen atoms in total. The van der Waals surface area contributed by atoms with E-state index in [2.05, 4.69) is 5.32 Å². The molecule has 25 heavy (non-hydrogen) atoms. The second-order valence-corrected chi connectivity index (χ2v) is 8.38. The number of sulfonamides is 1. The summed E-state index contributed by atoms with van der Waals surface area (Å²) in [6.07, 6.45) is 1.33. The first-order valence-corrected chi connectivity index (χ1v) is 9.51. The number of rotatable bonds is 3. The van der Waals surface area contributed by atoms with Crippen LogP contribution in [0, 0.1) is 11.7 Å². The number of hydrogen-bond acceptors (Lipinski definition) is 4. The summed E-state index contributed by atoms with van der Waals surface area (Å²) in [6.45, 7) is 1.51. The SMILES string of the molecule is CC1CCC(C(=O)O)CN1S(=O)(=O)c1cc2c(cc1F)NC(=O)CC2.